The largest absolute Gasteiger partial charge is 0.330 e. The SMILES string of the molecule is NCc1cnc(Nc2csc3ccccc23)s1. The van der Waals surface area contributed by atoms with Crippen molar-refractivity contribution in [1.29, 1.82) is 0 Å². The van der Waals surface area contributed by atoms with Crippen molar-refractivity contribution in [3.63, 3.8) is 0 Å². The zero-order valence-corrected chi connectivity index (χ0v) is 10.6. The van der Waals surface area contributed by atoms with Gasteiger partial charge in [-0.25, -0.2) is 4.98 Å². The second-order valence-electron chi connectivity index (χ2n) is 3.61. The Hall–Kier alpha value is -1.43. The van der Waals surface area contributed by atoms with Gasteiger partial charge in [-0.05, 0) is 6.07 Å². The van der Waals surface area contributed by atoms with E-state index in [1.165, 1.54) is 10.1 Å². The van der Waals surface area contributed by atoms with E-state index in [1.807, 2.05) is 12.3 Å². The van der Waals surface area contributed by atoms with Crippen LogP contribution in [0.5, 0.6) is 0 Å². The number of aromatic nitrogens is 1. The molecule has 0 aliphatic rings. The summed E-state index contributed by atoms with van der Waals surface area (Å²) in [4.78, 5) is 5.39. The molecular weight excluding hydrogens is 250 g/mol. The predicted molar refractivity (Wildman–Crippen MR) is 75.1 cm³/mol. The highest BCUT2D eigenvalue weighted by Crippen LogP contribution is 2.33. The van der Waals surface area contributed by atoms with Crippen LogP contribution < -0.4 is 11.1 Å². The maximum absolute atomic E-state index is 5.57. The standard InChI is InChI=1S/C12H11N3S2/c13-5-8-6-14-12(17-8)15-10-7-16-11-4-2-1-3-9(10)11/h1-4,6-7H,5,13H2,(H,14,15). The molecule has 0 fully saturated rings. The van der Waals surface area contributed by atoms with Gasteiger partial charge >= 0.3 is 0 Å². The quantitative estimate of drug-likeness (QED) is 0.758. The summed E-state index contributed by atoms with van der Waals surface area (Å²) in [5.41, 5.74) is 6.69. The zero-order valence-electron chi connectivity index (χ0n) is 9.01. The number of hydrogen-bond donors (Lipinski definition) is 2. The maximum atomic E-state index is 5.57. The van der Waals surface area contributed by atoms with E-state index in [0.717, 1.165) is 15.7 Å². The highest BCUT2D eigenvalue weighted by atomic mass is 32.1. The first-order chi connectivity index (χ1) is 8.36. The molecule has 5 heteroatoms. The van der Waals surface area contributed by atoms with E-state index in [-0.39, 0.29) is 0 Å². The lowest BCUT2D eigenvalue weighted by molar-refractivity contribution is 1.10. The van der Waals surface area contributed by atoms with Crippen LogP contribution in [0.2, 0.25) is 0 Å². The van der Waals surface area contributed by atoms with Gasteiger partial charge in [-0.2, -0.15) is 0 Å². The van der Waals surface area contributed by atoms with E-state index < -0.39 is 0 Å². The van der Waals surface area contributed by atoms with E-state index in [9.17, 15) is 0 Å². The Morgan fingerprint density at radius 1 is 1.29 bits per heavy atom. The zero-order chi connectivity index (χ0) is 11.7. The van der Waals surface area contributed by atoms with Crippen molar-refractivity contribution in [2.75, 3.05) is 5.32 Å². The van der Waals surface area contributed by atoms with Gasteiger partial charge in [0.1, 0.15) is 0 Å². The molecule has 0 aliphatic heterocycles. The fourth-order valence-electron chi connectivity index (χ4n) is 1.65. The van der Waals surface area contributed by atoms with Crippen molar-refractivity contribution in [2.45, 2.75) is 6.54 Å². The molecule has 0 spiro atoms. The van der Waals surface area contributed by atoms with Crippen LogP contribution in [0.1, 0.15) is 4.88 Å². The summed E-state index contributed by atoms with van der Waals surface area (Å²) in [6, 6.07) is 8.34. The summed E-state index contributed by atoms with van der Waals surface area (Å²) in [6.07, 6.45) is 1.82. The molecule has 3 rings (SSSR count). The normalized spacial score (nSPS) is 10.9. The molecule has 3 N–H and O–H groups in total. The lowest BCUT2D eigenvalue weighted by Gasteiger charge is -1.99. The minimum absolute atomic E-state index is 0.545. The molecule has 0 unspecified atom stereocenters. The second-order valence-corrected chi connectivity index (χ2v) is 5.63. The first-order valence-corrected chi connectivity index (χ1v) is 6.94. The van der Waals surface area contributed by atoms with Crippen molar-refractivity contribution in [2.24, 2.45) is 5.73 Å². The molecular formula is C12H11N3S2. The van der Waals surface area contributed by atoms with Gasteiger partial charge in [0.05, 0.1) is 5.69 Å². The summed E-state index contributed by atoms with van der Waals surface area (Å²) >= 11 is 3.33. The van der Waals surface area contributed by atoms with Gasteiger partial charge in [0.25, 0.3) is 0 Å². The van der Waals surface area contributed by atoms with E-state index >= 15 is 0 Å². The minimum atomic E-state index is 0.545. The average Bonchev–Trinajstić information content (AvgIpc) is 2.97. The molecule has 17 heavy (non-hydrogen) atoms. The monoisotopic (exact) mass is 261 g/mol. The Morgan fingerprint density at radius 3 is 3.00 bits per heavy atom. The minimum Gasteiger partial charge on any atom is -0.330 e. The van der Waals surface area contributed by atoms with Gasteiger partial charge in [0.15, 0.2) is 5.13 Å². The van der Waals surface area contributed by atoms with Gasteiger partial charge in [0, 0.05) is 33.1 Å². The first-order valence-electron chi connectivity index (χ1n) is 5.25. The summed E-state index contributed by atoms with van der Waals surface area (Å²) in [5, 5.41) is 7.60. The Balaban J connectivity index is 1.94. The molecule has 0 amide bonds. The van der Waals surface area contributed by atoms with Gasteiger partial charge in [0.2, 0.25) is 0 Å². The number of rotatable bonds is 3. The summed E-state index contributed by atoms with van der Waals surface area (Å²) in [5.74, 6) is 0. The number of nitrogens with zero attached hydrogens (tertiary/aromatic N) is 1. The second kappa shape index (κ2) is 4.44. The molecule has 0 saturated carbocycles. The van der Waals surface area contributed by atoms with Crippen LogP contribution >= 0.6 is 22.7 Å². The summed E-state index contributed by atoms with van der Waals surface area (Å²) < 4.78 is 1.28. The highest BCUT2D eigenvalue weighted by Gasteiger charge is 2.05. The summed E-state index contributed by atoms with van der Waals surface area (Å²) in [7, 11) is 0. The molecule has 0 atom stereocenters. The van der Waals surface area contributed by atoms with E-state index in [1.54, 1.807) is 22.7 Å². The van der Waals surface area contributed by atoms with Crippen LogP contribution in [0.15, 0.2) is 35.8 Å². The number of nitrogens with two attached hydrogens (primary N) is 1. The van der Waals surface area contributed by atoms with Crippen LogP contribution in [0.4, 0.5) is 10.8 Å². The molecule has 0 saturated heterocycles. The maximum Gasteiger partial charge on any atom is 0.187 e. The molecule has 2 heterocycles. The Labute approximate surface area is 107 Å². The van der Waals surface area contributed by atoms with Crippen LogP contribution in [0.3, 0.4) is 0 Å². The smallest absolute Gasteiger partial charge is 0.187 e. The number of hydrogen-bond acceptors (Lipinski definition) is 5. The Morgan fingerprint density at radius 2 is 2.18 bits per heavy atom. The lowest BCUT2D eigenvalue weighted by atomic mass is 10.2. The fourth-order valence-corrected chi connectivity index (χ4v) is 3.25. The summed E-state index contributed by atoms with van der Waals surface area (Å²) in [6.45, 7) is 0.545. The molecule has 0 bridgehead atoms. The van der Waals surface area contributed by atoms with Gasteiger partial charge < -0.3 is 11.1 Å². The third kappa shape index (κ3) is 2.04. The first kappa shape index (κ1) is 10.7. The van der Waals surface area contributed by atoms with Gasteiger partial charge in [-0.15, -0.1) is 22.7 Å². The van der Waals surface area contributed by atoms with Gasteiger partial charge in [-0.3, -0.25) is 0 Å². The third-order valence-corrected chi connectivity index (χ3v) is 4.38. The number of nitrogens with one attached hydrogen (secondary N) is 1. The lowest BCUT2D eigenvalue weighted by Crippen LogP contribution is -1.91. The van der Waals surface area contributed by atoms with E-state index in [0.29, 0.717) is 6.54 Å². The molecule has 0 aliphatic carbocycles. The number of thiophene rings is 1. The Kier molecular flexibility index (Phi) is 2.80. The number of anilines is 2. The third-order valence-electron chi connectivity index (χ3n) is 2.48. The highest BCUT2D eigenvalue weighted by molar-refractivity contribution is 7.18. The molecule has 0 radical (unpaired) electrons. The van der Waals surface area contributed by atoms with Crippen LogP contribution in [0.25, 0.3) is 10.1 Å². The van der Waals surface area contributed by atoms with Crippen molar-refractivity contribution in [3.8, 4) is 0 Å². The van der Waals surface area contributed by atoms with E-state index in [4.69, 9.17) is 5.73 Å². The topological polar surface area (TPSA) is 50.9 Å². The molecule has 2 aromatic heterocycles. The van der Waals surface area contributed by atoms with Crippen LogP contribution in [-0.4, -0.2) is 4.98 Å². The van der Waals surface area contributed by atoms with Crippen LogP contribution in [0, 0.1) is 0 Å². The molecule has 3 aromatic rings. The van der Waals surface area contributed by atoms with Crippen molar-refractivity contribution < 1.29 is 0 Å². The molecule has 1 aromatic carbocycles. The fraction of sp³-hybridized carbons (Fsp3) is 0.0833. The van der Waals surface area contributed by atoms with Crippen molar-refractivity contribution in [1.82, 2.24) is 4.98 Å². The molecule has 86 valence electrons. The average molecular weight is 261 g/mol. The number of fused-ring (bicyclic) bond motifs is 1. The van der Waals surface area contributed by atoms with E-state index in [2.05, 4.69) is 33.9 Å². The molecule has 3 nitrogen and oxygen atoms in total. The number of benzene rings is 1. The van der Waals surface area contributed by atoms with Crippen molar-refractivity contribution in [3.05, 3.63) is 40.7 Å². The Bertz CT molecular complexity index is 642. The van der Waals surface area contributed by atoms with Crippen molar-refractivity contribution >= 4 is 43.6 Å². The predicted octanol–water partition coefficient (Wildman–Crippen LogP) is 3.56. The van der Waals surface area contributed by atoms with Gasteiger partial charge in [-0.1, -0.05) is 18.2 Å². The number of thiazole rings is 1. The van der Waals surface area contributed by atoms with Crippen LogP contribution in [-0.2, 0) is 6.54 Å².